The molecule has 0 atom stereocenters. The van der Waals surface area contributed by atoms with Gasteiger partial charge in [-0.2, -0.15) is 5.10 Å². The van der Waals surface area contributed by atoms with E-state index in [4.69, 9.17) is 16.7 Å². The van der Waals surface area contributed by atoms with Crippen LogP contribution in [0, 0.1) is 5.21 Å². The Morgan fingerprint density at radius 1 is 1.50 bits per heavy atom. The van der Waals surface area contributed by atoms with Gasteiger partial charge in [0.1, 0.15) is 5.52 Å². The van der Waals surface area contributed by atoms with Crippen LogP contribution in [-0.4, -0.2) is 26.1 Å². The molecule has 0 radical (unpaired) electrons. The molecule has 0 aliphatic carbocycles. The maximum Gasteiger partial charge on any atom is 0.270 e. The Morgan fingerprint density at radius 3 is 3.00 bits per heavy atom. The van der Waals surface area contributed by atoms with Crippen LogP contribution in [0.3, 0.4) is 0 Å². The van der Waals surface area contributed by atoms with Crippen LogP contribution in [0.1, 0.15) is 5.56 Å². The number of hydrogen-bond acceptors (Lipinski definition) is 5. The lowest BCUT2D eigenvalue weighted by Crippen LogP contribution is -2.33. The van der Waals surface area contributed by atoms with Crippen LogP contribution < -0.4 is 4.85 Å². The number of benzene rings is 1. The summed E-state index contributed by atoms with van der Waals surface area (Å²) in [6, 6.07) is 4.67. The number of nitrogens with zero attached hydrogens (tertiary/aromatic N) is 4. The van der Waals surface area contributed by atoms with Gasteiger partial charge in [-0.3, -0.25) is 4.79 Å². The van der Waals surface area contributed by atoms with Gasteiger partial charge >= 0.3 is 0 Å². The number of carbonyl (C=O) groups is 1. The van der Waals surface area contributed by atoms with Crippen LogP contribution in [0.5, 0.6) is 0 Å². The lowest BCUT2D eigenvalue weighted by molar-refractivity contribution is -0.640. The zero-order chi connectivity index (χ0) is 14.3. The summed E-state index contributed by atoms with van der Waals surface area (Å²) in [6.07, 6.45) is 2.44. The molecule has 0 unspecified atom stereocenters. The van der Waals surface area contributed by atoms with Crippen molar-refractivity contribution in [3.05, 3.63) is 46.5 Å². The second-order valence-electron chi connectivity index (χ2n) is 4.00. The summed E-state index contributed by atoms with van der Waals surface area (Å²) in [6.45, 7) is 0. The average molecular weight is 291 g/mol. The van der Waals surface area contributed by atoms with Crippen molar-refractivity contribution < 1.29 is 14.7 Å². The molecule has 3 rings (SSSR count). The van der Waals surface area contributed by atoms with E-state index in [1.807, 2.05) is 0 Å². The van der Waals surface area contributed by atoms with E-state index < -0.39 is 0 Å². The summed E-state index contributed by atoms with van der Waals surface area (Å²) in [7, 11) is 0. The van der Waals surface area contributed by atoms with Crippen molar-refractivity contribution in [3.8, 4) is 0 Å². The van der Waals surface area contributed by atoms with Gasteiger partial charge in [-0.25, -0.2) is 4.52 Å². The number of aldehydes is 1. The predicted molar refractivity (Wildman–Crippen MR) is 71.1 cm³/mol. The monoisotopic (exact) mass is 290 g/mol. The molecule has 0 saturated carbocycles. The van der Waals surface area contributed by atoms with Crippen molar-refractivity contribution in [3.63, 3.8) is 0 Å². The third-order valence-corrected chi connectivity index (χ3v) is 3.11. The van der Waals surface area contributed by atoms with Gasteiger partial charge in [0.15, 0.2) is 6.29 Å². The van der Waals surface area contributed by atoms with Crippen molar-refractivity contribution in [1.82, 2.24) is 14.7 Å². The number of rotatable bonds is 2. The first-order valence-corrected chi connectivity index (χ1v) is 5.90. The smallest absolute Gasteiger partial charge is 0.270 e. The van der Waals surface area contributed by atoms with Crippen LogP contribution >= 0.6 is 11.6 Å². The molecule has 1 N–H and O–H groups in total. The van der Waals surface area contributed by atoms with Gasteiger partial charge in [0.2, 0.25) is 5.65 Å². The van der Waals surface area contributed by atoms with Crippen LogP contribution in [0.15, 0.2) is 30.7 Å². The average Bonchev–Trinajstić information content (AvgIpc) is 2.84. The fourth-order valence-corrected chi connectivity index (χ4v) is 2.12. The van der Waals surface area contributed by atoms with Gasteiger partial charge in [-0.15, -0.1) is 0 Å². The molecule has 0 aliphatic rings. The Bertz CT molecular complexity index is 872. The number of aliphatic hydroxyl groups excluding tert-OH is 1. The summed E-state index contributed by atoms with van der Waals surface area (Å²) < 4.78 is 1.39. The highest BCUT2D eigenvalue weighted by atomic mass is 35.5. The zero-order valence-electron chi connectivity index (χ0n) is 9.89. The highest BCUT2D eigenvalue weighted by molar-refractivity contribution is 6.31. The van der Waals surface area contributed by atoms with Gasteiger partial charge in [0.05, 0.1) is 23.6 Å². The first-order valence-electron chi connectivity index (χ1n) is 5.52. The molecule has 100 valence electrons. The Kier molecular flexibility index (Phi) is 2.76. The fourth-order valence-electron chi connectivity index (χ4n) is 1.95. The number of hydrogen-bond donors (Lipinski definition) is 1. The zero-order valence-corrected chi connectivity index (χ0v) is 10.7. The first-order chi connectivity index (χ1) is 9.65. The van der Waals surface area contributed by atoms with Gasteiger partial charge in [0, 0.05) is 16.2 Å². The molecule has 8 heteroatoms. The molecule has 20 heavy (non-hydrogen) atoms. The van der Waals surface area contributed by atoms with Crippen molar-refractivity contribution in [2.75, 3.05) is 0 Å². The number of aliphatic hydroxyl groups is 1. The summed E-state index contributed by atoms with van der Waals surface area (Å²) >= 11 is 5.91. The minimum absolute atomic E-state index is 0.0196. The van der Waals surface area contributed by atoms with E-state index in [9.17, 15) is 10.0 Å². The van der Waals surface area contributed by atoms with E-state index in [1.165, 1.54) is 16.8 Å². The van der Waals surface area contributed by atoms with Gasteiger partial charge < -0.3 is 10.3 Å². The maximum absolute atomic E-state index is 11.9. The van der Waals surface area contributed by atoms with Crippen molar-refractivity contribution in [1.29, 1.82) is 0 Å². The third kappa shape index (κ3) is 1.68. The molecule has 3 aromatic rings. The Labute approximate surface area is 116 Å². The SMILES string of the molecule is O=C/C(=C\O)c1cnn2c1n[n+]([O-])c1ccc(Cl)cc12. The summed E-state index contributed by atoms with van der Waals surface area (Å²) in [5, 5.41) is 29.3. The predicted octanol–water partition coefficient (Wildman–Crippen LogP) is 1.27. The quantitative estimate of drug-likeness (QED) is 0.252. The van der Waals surface area contributed by atoms with Gasteiger partial charge in [0.25, 0.3) is 5.52 Å². The first kappa shape index (κ1) is 12.4. The van der Waals surface area contributed by atoms with Crippen molar-refractivity contribution >= 4 is 40.1 Å². The molecule has 7 nitrogen and oxygen atoms in total. The minimum atomic E-state index is -0.0196. The van der Waals surface area contributed by atoms with Crippen LogP contribution in [0.4, 0.5) is 0 Å². The number of aromatic nitrogens is 4. The maximum atomic E-state index is 11.9. The second kappa shape index (κ2) is 4.46. The minimum Gasteiger partial charge on any atom is -0.594 e. The molecule has 0 bridgehead atoms. The normalized spacial score (nSPS) is 12.2. The molecule has 0 fully saturated rings. The summed E-state index contributed by atoms with van der Waals surface area (Å²) in [5.41, 5.74) is 1.13. The van der Waals surface area contributed by atoms with E-state index in [0.717, 1.165) is 0 Å². The Balaban J connectivity index is 2.46. The highest BCUT2D eigenvalue weighted by Crippen LogP contribution is 2.21. The third-order valence-electron chi connectivity index (χ3n) is 2.88. The number of halogens is 1. The summed E-state index contributed by atoms with van der Waals surface area (Å²) in [5.74, 6) is 0. The van der Waals surface area contributed by atoms with Crippen LogP contribution in [0.25, 0.3) is 22.3 Å². The van der Waals surface area contributed by atoms with E-state index in [-0.39, 0.29) is 22.3 Å². The standard InChI is InChI=1S/C12H7ClN4O3/c13-8-1-2-10-11(3-8)16-12(15-17(10)20)9(4-14-16)7(5-18)6-19/h1-6,18H/b7-5+. The topological polar surface area (TPSA) is 94.4 Å². The lowest BCUT2D eigenvalue weighted by atomic mass is 10.2. The molecule has 2 heterocycles. The molecule has 1 aromatic carbocycles. The van der Waals surface area contributed by atoms with E-state index >= 15 is 0 Å². The fraction of sp³-hybridized carbons (Fsp3) is 0. The highest BCUT2D eigenvalue weighted by Gasteiger charge is 2.18. The number of fused-ring (bicyclic) bond motifs is 3. The van der Waals surface area contributed by atoms with Gasteiger partial charge in [-0.1, -0.05) is 11.6 Å². The molecule has 2 aromatic heterocycles. The molecule has 0 amide bonds. The molecule has 0 saturated heterocycles. The number of allylic oxidation sites excluding steroid dienone is 1. The Hall–Kier alpha value is -2.67. The number of carbonyl (C=O) groups excluding carboxylic acids is 1. The second-order valence-corrected chi connectivity index (χ2v) is 4.44. The molecular formula is C12H7ClN4O3. The van der Waals surface area contributed by atoms with E-state index in [2.05, 4.69) is 10.2 Å². The summed E-state index contributed by atoms with van der Waals surface area (Å²) in [4.78, 5) is 11.3. The van der Waals surface area contributed by atoms with Gasteiger partial charge in [-0.05, 0) is 17.0 Å². The molecule has 0 aliphatic heterocycles. The van der Waals surface area contributed by atoms with E-state index in [1.54, 1.807) is 12.1 Å². The molecule has 0 spiro atoms. The lowest BCUT2D eigenvalue weighted by Gasteiger charge is -2.02. The van der Waals surface area contributed by atoms with Crippen molar-refractivity contribution in [2.45, 2.75) is 0 Å². The van der Waals surface area contributed by atoms with E-state index in [0.29, 0.717) is 27.9 Å². The van der Waals surface area contributed by atoms with Crippen LogP contribution in [-0.2, 0) is 4.79 Å². The molecular weight excluding hydrogens is 284 g/mol. The van der Waals surface area contributed by atoms with Crippen LogP contribution in [0.2, 0.25) is 5.02 Å². The van der Waals surface area contributed by atoms with Crippen molar-refractivity contribution in [2.24, 2.45) is 0 Å². The largest absolute Gasteiger partial charge is 0.594 e. The Morgan fingerprint density at radius 2 is 2.30 bits per heavy atom.